The van der Waals surface area contributed by atoms with E-state index < -0.39 is 50.4 Å². The van der Waals surface area contributed by atoms with Crippen molar-refractivity contribution in [2.24, 2.45) is 10.3 Å². The van der Waals surface area contributed by atoms with Crippen molar-refractivity contribution >= 4 is 61.1 Å². The Labute approximate surface area is 526 Å². The standard InChI is InChI=1S/C57H90N8O23S2/c1-76-57(71)65(46-56(70)63-49-6-12-52(13-7-49)90(59,74)75)19-18-64(45-55(69)62-48-4-10-51(11-5-48)89(58,72)73)44-54(68)61-17-21-78-23-25-80-27-29-82-31-33-84-35-37-86-39-41-88-43-42-87-40-38-85-36-34-83-32-30-81-28-26-79-24-22-77-20-15-53(67)60-16-14-47-2-8-50(66)9-3-47/h2-13,66H,14-46H2,1H3,(H,60,67)(H,61,68)(H,62,69)(H,63,70)(H2,58,72,73)(H2,59,74,75). The predicted molar refractivity (Wildman–Crippen MR) is 326 cm³/mol. The van der Waals surface area contributed by atoms with Crippen LogP contribution in [-0.4, -0.2) is 273 Å². The molecule has 90 heavy (non-hydrogen) atoms. The highest BCUT2D eigenvalue weighted by atomic mass is 32.2. The molecular formula is C57H90N8O23S2. The number of amides is 5. The van der Waals surface area contributed by atoms with Crippen molar-refractivity contribution < 1.29 is 107 Å². The number of ether oxygens (including phenoxy) is 13. The first-order valence-corrected chi connectivity index (χ1v) is 32.2. The van der Waals surface area contributed by atoms with Gasteiger partial charge in [0.2, 0.25) is 43.7 Å². The van der Waals surface area contributed by atoms with Crippen LogP contribution in [0.3, 0.4) is 0 Å². The summed E-state index contributed by atoms with van der Waals surface area (Å²) < 4.78 is 117. The Morgan fingerprint density at radius 1 is 0.411 bits per heavy atom. The van der Waals surface area contributed by atoms with Gasteiger partial charge in [-0.3, -0.25) is 29.0 Å². The van der Waals surface area contributed by atoms with Crippen molar-refractivity contribution in [2.45, 2.75) is 22.6 Å². The van der Waals surface area contributed by atoms with Gasteiger partial charge in [-0.2, -0.15) is 0 Å². The molecule has 3 aromatic carbocycles. The zero-order valence-corrected chi connectivity index (χ0v) is 52.7. The van der Waals surface area contributed by atoms with Crippen LogP contribution in [0.5, 0.6) is 5.75 Å². The molecule has 0 atom stereocenters. The lowest BCUT2D eigenvalue weighted by Gasteiger charge is -2.26. The van der Waals surface area contributed by atoms with Crippen molar-refractivity contribution in [2.75, 3.05) is 222 Å². The van der Waals surface area contributed by atoms with Crippen LogP contribution >= 0.6 is 0 Å². The highest BCUT2D eigenvalue weighted by Crippen LogP contribution is 2.15. The molecule has 508 valence electrons. The summed E-state index contributed by atoms with van der Waals surface area (Å²) in [7, 11) is -6.83. The molecule has 0 aliphatic carbocycles. The average Bonchev–Trinajstić information content (AvgIpc) is 3.06. The molecule has 0 saturated carbocycles. The molecule has 33 heteroatoms. The van der Waals surface area contributed by atoms with E-state index in [1.54, 1.807) is 12.1 Å². The van der Waals surface area contributed by atoms with E-state index in [2.05, 4.69) is 21.3 Å². The SMILES string of the molecule is COC(=O)N(CCN(CC(=O)NCCOCCOCCOCCOCCOCCOCCOCCOCCOCCOCCOCCOCCC(=O)NCCc1ccc(O)cc1)CC(=O)Nc1ccc(S(N)(=O)=O)cc1)CC(=O)Nc1ccc(S(N)(=O)=O)cc1. The predicted octanol–water partition coefficient (Wildman–Crippen LogP) is -0.301. The van der Waals surface area contributed by atoms with E-state index in [0.717, 1.165) is 17.6 Å². The molecule has 0 unspecified atom stereocenters. The minimum absolute atomic E-state index is 0.0764. The van der Waals surface area contributed by atoms with Gasteiger partial charge < -0.3 is 88.0 Å². The third kappa shape index (κ3) is 40.6. The topological polar surface area (TPSA) is 400 Å². The van der Waals surface area contributed by atoms with Gasteiger partial charge in [0.05, 0.1) is 189 Å². The van der Waals surface area contributed by atoms with Crippen LogP contribution in [0.4, 0.5) is 16.2 Å². The number of hydrogen-bond acceptors (Lipinski definition) is 24. The Morgan fingerprint density at radius 3 is 1.11 bits per heavy atom. The van der Waals surface area contributed by atoms with Crippen LogP contribution in [-0.2, 0) is 107 Å². The molecule has 5 amide bonds. The minimum atomic E-state index is -3.98. The number of methoxy groups -OCH3 is 1. The second-order valence-corrected chi connectivity index (χ2v) is 22.2. The number of sulfonamides is 2. The van der Waals surface area contributed by atoms with E-state index in [1.807, 2.05) is 12.1 Å². The van der Waals surface area contributed by atoms with Crippen molar-refractivity contribution in [3.05, 3.63) is 78.4 Å². The average molecular weight is 1320 g/mol. The maximum atomic E-state index is 13.1. The summed E-state index contributed by atoms with van der Waals surface area (Å²) in [6.07, 6.45) is 0.0792. The molecule has 0 heterocycles. The van der Waals surface area contributed by atoms with Crippen LogP contribution in [0.15, 0.2) is 82.6 Å². The third-order valence-electron chi connectivity index (χ3n) is 11.9. The molecule has 0 spiro atoms. The molecule has 3 rings (SSSR count). The van der Waals surface area contributed by atoms with E-state index in [9.17, 15) is 45.9 Å². The van der Waals surface area contributed by atoms with Gasteiger partial charge in [0.25, 0.3) is 0 Å². The second kappa shape index (κ2) is 48.7. The van der Waals surface area contributed by atoms with E-state index in [1.165, 1.54) is 53.4 Å². The molecule has 31 nitrogen and oxygen atoms in total. The molecule has 3 aromatic rings. The van der Waals surface area contributed by atoms with Crippen molar-refractivity contribution in [1.82, 2.24) is 20.4 Å². The number of phenolic OH excluding ortho intramolecular Hbond substituents is 1. The molecule has 0 saturated heterocycles. The molecule has 0 aliphatic heterocycles. The molecule has 0 fully saturated rings. The number of hydrogen-bond donors (Lipinski definition) is 7. The van der Waals surface area contributed by atoms with Crippen molar-refractivity contribution in [3.8, 4) is 5.75 Å². The number of nitrogens with zero attached hydrogens (tertiary/aromatic N) is 2. The Balaban J connectivity index is 1.08. The zero-order valence-electron chi connectivity index (χ0n) is 51.1. The van der Waals surface area contributed by atoms with Crippen LogP contribution in [0.25, 0.3) is 0 Å². The number of benzene rings is 3. The van der Waals surface area contributed by atoms with Crippen LogP contribution in [0, 0.1) is 0 Å². The molecular weight excluding hydrogens is 1230 g/mol. The summed E-state index contributed by atoms with van der Waals surface area (Å²) in [4.78, 5) is 65.8. The van der Waals surface area contributed by atoms with Crippen LogP contribution in [0.1, 0.15) is 12.0 Å². The number of nitrogens with one attached hydrogen (secondary N) is 4. The third-order valence-corrected chi connectivity index (χ3v) is 13.8. The monoisotopic (exact) mass is 1320 g/mol. The van der Waals surface area contributed by atoms with Gasteiger partial charge in [-0.1, -0.05) is 12.1 Å². The summed E-state index contributed by atoms with van der Waals surface area (Å²) in [6, 6.07) is 17.0. The molecule has 9 N–H and O–H groups in total. The number of rotatable bonds is 55. The fraction of sp³-hybridized carbons (Fsp3) is 0.596. The number of nitrogens with two attached hydrogens (primary N) is 2. The molecule has 0 aromatic heterocycles. The van der Waals surface area contributed by atoms with Gasteiger partial charge in [-0.25, -0.2) is 31.9 Å². The Morgan fingerprint density at radius 2 is 0.744 bits per heavy atom. The number of aromatic hydroxyl groups is 1. The molecule has 0 bridgehead atoms. The van der Waals surface area contributed by atoms with Crippen molar-refractivity contribution in [3.63, 3.8) is 0 Å². The van der Waals surface area contributed by atoms with Crippen LogP contribution in [0.2, 0.25) is 0 Å². The maximum Gasteiger partial charge on any atom is 0.409 e. The Bertz CT molecular complexity index is 2670. The summed E-state index contributed by atoms with van der Waals surface area (Å²) >= 11 is 0. The van der Waals surface area contributed by atoms with Gasteiger partial charge in [0.1, 0.15) is 12.3 Å². The lowest BCUT2D eigenvalue weighted by molar-refractivity contribution is -0.124. The number of primary sulfonamides is 2. The highest BCUT2D eigenvalue weighted by molar-refractivity contribution is 7.89. The smallest absolute Gasteiger partial charge is 0.409 e. The van der Waals surface area contributed by atoms with E-state index >= 15 is 0 Å². The quantitative estimate of drug-likeness (QED) is 0.0357. The van der Waals surface area contributed by atoms with Crippen molar-refractivity contribution in [1.29, 1.82) is 0 Å². The van der Waals surface area contributed by atoms with Gasteiger partial charge in [-0.05, 0) is 72.6 Å². The van der Waals surface area contributed by atoms with Gasteiger partial charge >= 0.3 is 6.09 Å². The first kappa shape index (κ1) is 78.2. The van der Waals surface area contributed by atoms with E-state index in [4.69, 9.17) is 71.9 Å². The number of phenols is 1. The van der Waals surface area contributed by atoms with Gasteiger partial charge in [-0.15, -0.1) is 0 Å². The van der Waals surface area contributed by atoms with E-state index in [0.29, 0.717) is 152 Å². The summed E-state index contributed by atoms with van der Waals surface area (Å²) in [5, 5.41) is 30.3. The largest absolute Gasteiger partial charge is 0.508 e. The van der Waals surface area contributed by atoms with E-state index in [-0.39, 0.29) is 91.8 Å². The first-order valence-electron chi connectivity index (χ1n) is 29.1. The van der Waals surface area contributed by atoms with Gasteiger partial charge in [0, 0.05) is 44.0 Å². The number of anilines is 2. The lowest BCUT2D eigenvalue weighted by atomic mass is 10.1. The molecule has 0 radical (unpaired) electrons. The highest BCUT2D eigenvalue weighted by Gasteiger charge is 2.22. The first-order chi connectivity index (χ1) is 43.4. The Kier molecular flexibility index (Phi) is 42.3. The fourth-order valence-corrected chi connectivity index (χ4v) is 8.41. The maximum absolute atomic E-state index is 13.1. The van der Waals surface area contributed by atoms with Crippen LogP contribution < -0.4 is 31.5 Å². The minimum Gasteiger partial charge on any atom is -0.508 e. The molecule has 0 aliphatic rings. The number of carbonyl (C=O) groups excluding carboxylic acids is 5. The Hall–Kier alpha value is -6.09. The normalized spacial score (nSPS) is 11.6. The summed E-state index contributed by atoms with van der Waals surface area (Å²) in [5.41, 5.74) is 1.50. The summed E-state index contributed by atoms with van der Waals surface area (Å²) in [6.45, 7) is 8.37. The lowest BCUT2D eigenvalue weighted by Crippen LogP contribution is -2.47. The zero-order chi connectivity index (χ0) is 65.3. The number of carbonyl (C=O) groups is 5. The van der Waals surface area contributed by atoms with Gasteiger partial charge in [0.15, 0.2) is 0 Å². The fourth-order valence-electron chi connectivity index (χ4n) is 7.38. The summed E-state index contributed by atoms with van der Waals surface area (Å²) in [5.74, 6) is -1.60. The second-order valence-electron chi connectivity index (χ2n) is 19.1.